The van der Waals surface area contributed by atoms with Gasteiger partial charge in [-0.3, -0.25) is 0 Å². The number of rotatable bonds is 7. The monoisotopic (exact) mass is 723 g/mol. The highest BCUT2D eigenvalue weighted by atomic mass is 15.1. The number of hydrogen-bond donors (Lipinski definition) is 1. The molecule has 0 bridgehead atoms. The molecule has 4 aliphatic rings. The van der Waals surface area contributed by atoms with E-state index >= 15 is 0 Å². The van der Waals surface area contributed by atoms with E-state index in [1.165, 1.54) is 80.1 Å². The molecule has 2 heterocycles. The lowest BCUT2D eigenvalue weighted by atomic mass is 9.86. The van der Waals surface area contributed by atoms with Gasteiger partial charge in [-0.25, -0.2) is 9.98 Å². The van der Waals surface area contributed by atoms with Gasteiger partial charge in [-0.1, -0.05) is 146 Å². The van der Waals surface area contributed by atoms with Crippen LogP contribution in [-0.4, -0.2) is 16.9 Å². The van der Waals surface area contributed by atoms with E-state index in [9.17, 15) is 0 Å². The molecular formula is C53H45N3. The number of nitrogens with zero attached hydrogens (tertiary/aromatic N) is 2. The molecule has 3 atom stereocenters. The number of aliphatic imine (C=N–C) groups is 1. The normalized spacial score (nSPS) is 20.6. The number of benzene rings is 5. The minimum absolute atomic E-state index is 0.234. The average Bonchev–Trinajstić information content (AvgIpc) is 3.29. The zero-order valence-corrected chi connectivity index (χ0v) is 31.6. The first-order chi connectivity index (χ1) is 27.7. The molecule has 0 saturated heterocycles. The van der Waals surface area contributed by atoms with Gasteiger partial charge in [0.1, 0.15) is 5.84 Å². The highest BCUT2D eigenvalue weighted by molar-refractivity contribution is 6.14. The fraction of sp³-hybridized carbons (Fsp3) is 0.170. The maximum atomic E-state index is 5.30. The summed E-state index contributed by atoms with van der Waals surface area (Å²) in [5.74, 6) is 1.84. The number of nitrogens with one attached hydrogen (secondary N) is 1. The molecule has 1 aromatic heterocycles. The Kier molecular flexibility index (Phi) is 9.20. The van der Waals surface area contributed by atoms with Gasteiger partial charge in [-0.15, -0.1) is 0 Å². The summed E-state index contributed by atoms with van der Waals surface area (Å²) < 4.78 is 0. The van der Waals surface area contributed by atoms with Crippen molar-refractivity contribution in [3.8, 4) is 33.5 Å². The molecule has 6 aromatic rings. The molecule has 3 heteroatoms. The first kappa shape index (κ1) is 34.2. The van der Waals surface area contributed by atoms with Crippen molar-refractivity contribution >= 4 is 33.1 Å². The molecule has 3 unspecified atom stereocenters. The summed E-state index contributed by atoms with van der Waals surface area (Å²) in [4.78, 5) is 10.5. The minimum atomic E-state index is 0.234. The Labute approximate surface area is 329 Å². The van der Waals surface area contributed by atoms with Crippen molar-refractivity contribution in [2.45, 2.75) is 44.6 Å². The van der Waals surface area contributed by atoms with E-state index in [1.54, 1.807) is 0 Å². The second kappa shape index (κ2) is 15.1. The second-order valence-electron chi connectivity index (χ2n) is 15.5. The molecule has 3 aliphatic carbocycles. The summed E-state index contributed by atoms with van der Waals surface area (Å²) >= 11 is 0. The molecule has 272 valence electrons. The van der Waals surface area contributed by atoms with Gasteiger partial charge in [-0.05, 0) is 113 Å². The zero-order valence-electron chi connectivity index (χ0n) is 31.6. The Bertz CT molecular complexity index is 2650. The van der Waals surface area contributed by atoms with Crippen LogP contribution in [-0.2, 0) is 0 Å². The summed E-state index contributed by atoms with van der Waals surface area (Å²) in [6.45, 7) is 0. The molecule has 3 nitrogen and oxygen atoms in total. The molecule has 0 fully saturated rings. The molecule has 0 radical (unpaired) electrons. The van der Waals surface area contributed by atoms with Gasteiger partial charge in [0.15, 0.2) is 0 Å². The van der Waals surface area contributed by atoms with E-state index < -0.39 is 0 Å². The molecule has 0 amide bonds. The molecule has 1 N–H and O–H groups in total. The Morgan fingerprint density at radius 2 is 1.45 bits per heavy atom. The smallest absolute Gasteiger partial charge is 0.133 e. The summed E-state index contributed by atoms with van der Waals surface area (Å²) in [7, 11) is 0. The highest BCUT2D eigenvalue weighted by Crippen LogP contribution is 2.39. The van der Waals surface area contributed by atoms with E-state index in [2.05, 4.69) is 181 Å². The summed E-state index contributed by atoms with van der Waals surface area (Å²) in [6, 6.07) is 44.2. The molecule has 56 heavy (non-hydrogen) atoms. The molecule has 0 spiro atoms. The quantitative estimate of drug-likeness (QED) is 0.132. The van der Waals surface area contributed by atoms with Gasteiger partial charge in [0.25, 0.3) is 0 Å². The molecular weight excluding hydrogens is 679 g/mol. The van der Waals surface area contributed by atoms with Crippen LogP contribution >= 0.6 is 0 Å². The average molecular weight is 724 g/mol. The van der Waals surface area contributed by atoms with Crippen LogP contribution in [0.1, 0.15) is 44.1 Å². The van der Waals surface area contributed by atoms with E-state index in [0.717, 1.165) is 41.9 Å². The number of aromatic nitrogens is 1. The van der Waals surface area contributed by atoms with Crippen LogP contribution in [0.4, 0.5) is 0 Å². The predicted molar refractivity (Wildman–Crippen MR) is 236 cm³/mol. The largest absolute Gasteiger partial charge is 0.363 e. The number of pyridine rings is 1. The van der Waals surface area contributed by atoms with Crippen LogP contribution in [0.2, 0.25) is 0 Å². The molecule has 0 saturated carbocycles. The van der Waals surface area contributed by atoms with Gasteiger partial charge in [0.05, 0.1) is 17.3 Å². The van der Waals surface area contributed by atoms with Crippen LogP contribution in [0.25, 0.3) is 60.8 Å². The molecule has 5 aromatic carbocycles. The van der Waals surface area contributed by atoms with Gasteiger partial charge in [-0.2, -0.15) is 0 Å². The Morgan fingerprint density at radius 3 is 2.23 bits per heavy atom. The van der Waals surface area contributed by atoms with Crippen molar-refractivity contribution in [2.24, 2.45) is 16.8 Å². The highest BCUT2D eigenvalue weighted by Gasteiger charge is 2.27. The first-order valence-electron chi connectivity index (χ1n) is 20.3. The third-order valence-corrected chi connectivity index (χ3v) is 11.9. The van der Waals surface area contributed by atoms with Crippen LogP contribution < -0.4 is 5.32 Å². The molecule has 1 aliphatic heterocycles. The molecule has 10 rings (SSSR count). The lowest BCUT2D eigenvalue weighted by molar-refractivity contribution is 0.514. The summed E-state index contributed by atoms with van der Waals surface area (Å²) in [5.41, 5.74) is 13.0. The Hall–Kier alpha value is -6.32. The van der Waals surface area contributed by atoms with Gasteiger partial charge < -0.3 is 5.32 Å². The number of fused-ring (bicyclic) bond motifs is 3. The third-order valence-electron chi connectivity index (χ3n) is 11.9. The maximum absolute atomic E-state index is 5.30. The van der Waals surface area contributed by atoms with Crippen molar-refractivity contribution in [1.82, 2.24) is 10.3 Å². The van der Waals surface area contributed by atoms with Gasteiger partial charge in [0, 0.05) is 34.1 Å². The lowest BCUT2D eigenvalue weighted by Gasteiger charge is -2.32. The van der Waals surface area contributed by atoms with E-state index in [4.69, 9.17) is 9.98 Å². The van der Waals surface area contributed by atoms with Crippen LogP contribution in [0.15, 0.2) is 192 Å². The topological polar surface area (TPSA) is 37.3 Å². The number of allylic oxidation sites excluding steroid dienone is 7. The standard InChI is InChI=1S/C53H45N3/c1-5-14-38(15-6-1)47-34-49(40-16-7-2-8-17-40)54-48-31-30-39-28-29-44(33-46(39)52(47)48)37-26-24-36(25-27-37)43-22-13-23-45(32-43)53-55-50(41-18-9-3-10-19-41)35-51(56-53)42-20-11-4-12-21-42/h1-3,5-11,14-18,20,23-35,41-42,50H,4,12-13,19,21-22H2,(H,55,56). The van der Waals surface area contributed by atoms with Crippen LogP contribution in [0.3, 0.4) is 0 Å². The Balaban J connectivity index is 0.975. The number of hydrogen-bond acceptors (Lipinski definition) is 3. The third kappa shape index (κ3) is 6.79. The van der Waals surface area contributed by atoms with Gasteiger partial charge in [0.2, 0.25) is 0 Å². The van der Waals surface area contributed by atoms with Crippen molar-refractivity contribution < 1.29 is 0 Å². The minimum Gasteiger partial charge on any atom is -0.363 e. The predicted octanol–water partition coefficient (Wildman–Crippen LogP) is 13.2. The van der Waals surface area contributed by atoms with Crippen molar-refractivity contribution in [3.63, 3.8) is 0 Å². The summed E-state index contributed by atoms with van der Waals surface area (Å²) in [6.07, 6.45) is 27.5. The SMILES string of the molecule is C1=CCC(C2C=C(C3C=CCCC3)N=C(C3=CCCC(c4ccc(-c5ccc6ccc7nc(-c8ccccc8)cc(-c8ccccc8)c7c6c5)cc4)=C3)N2)C=C1. The summed E-state index contributed by atoms with van der Waals surface area (Å²) in [5, 5.41) is 7.48. The fourth-order valence-corrected chi connectivity index (χ4v) is 8.90. The second-order valence-corrected chi connectivity index (χ2v) is 15.5. The van der Waals surface area contributed by atoms with Crippen LogP contribution in [0, 0.1) is 11.8 Å². The Morgan fingerprint density at radius 1 is 0.661 bits per heavy atom. The van der Waals surface area contributed by atoms with Crippen LogP contribution in [0.5, 0.6) is 0 Å². The first-order valence-corrected chi connectivity index (χ1v) is 20.3. The number of amidine groups is 1. The zero-order chi connectivity index (χ0) is 37.3. The fourth-order valence-electron chi connectivity index (χ4n) is 8.90. The lowest BCUT2D eigenvalue weighted by Crippen LogP contribution is -2.42. The van der Waals surface area contributed by atoms with Crippen molar-refractivity contribution in [2.75, 3.05) is 0 Å². The van der Waals surface area contributed by atoms with Crippen molar-refractivity contribution in [1.29, 1.82) is 0 Å². The van der Waals surface area contributed by atoms with Gasteiger partial charge >= 0.3 is 0 Å². The van der Waals surface area contributed by atoms with E-state index in [-0.39, 0.29) is 6.04 Å². The van der Waals surface area contributed by atoms with Crippen molar-refractivity contribution in [3.05, 3.63) is 193 Å². The van der Waals surface area contributed by atoms with E-state index in [1.807, 2.05) is 0 Å². The maximum Gasteiger partial charge on any atom is 0.133 e. The van der Waals surface area contributed by atoms with E-state index in [0.29, 0.717) is 11.8 Å².